The number of rotatable bonds is 7. The van der Waals surface area contributed by atoms with Gasteiger partial charge in [-0.25, -0.2) is 4.79 Å². The Morgan fingerprint density at radius 3 is 2.58 bits per heavy atom. The molecule has 3 rings (SSSR count). The van der Waals surface area contributed by atoms with Gasteiger partial charge in [-0.15, -0.1) is 11.3 Å². The van der Waals surface area contributed by atoms with E-state index in [-0.39, 0.29) is 17.9 Å². The van der Waals surface area contributed by atoms with Crippen molar-refractivity contribution in [2.24, 2.45) is 0 Å². The van der Waals surface area contributed by atoms with Gasteiger partial charge in [0.25, 0.3) is 0 Å². The number of nitrogens with one attached hydrogen (secondary N) is 1. The standard InChI is InChI=1S/C24H20ClN3O4S/c1-2-32-24(31)18(13-27)22(30)19(11-20(29)14-7-9-15(25)10-8-14)28-23-17(12-26)16-5-3-4-6-21(16)33-23/h7-11,28,30H,2-6H2,1H3. The molecular formula is C24H20ClN3O4S. The van der Waals surface area contributed by atoms with E-state index in [0.717, 1.165) is 42.2 Å². The molecule has 1 aromatic heterocycles. The van der Waals surface area contributed by atoms with Crippen LogP contribution in [0, 0.1) is 22.7 Å². The van der Waals surface area contributed by atoms with Crippen molar-refractivity contribution >= 4 is 39.7 Å². The Morgan fingerprint density at radius 1 is 1.24 bits per heavy atom. The molecular weight excluding hydrogens is 462 g/mol. The van der Waals surface area contributed by atoms with Crippen LogP contribution in [0.15, 0.2) is 47.4 Å². The smallest absolute Gasteiger partial charge is 0.352 e. The number of esters is 1. The highest BCUT2D eigenvalue weighted by atomic mass is 35.5. The summed E-state index contributed by atoms with van der Waals surface area (Å²) >= 11 is 7.24. The molecule has 2 aromatic rings. The zero-order valence-corrected chi connectivity index (χ0v) is 19.3. The lowest BCUT2D eigenvalue weighted by Crippen LogP contribution is -2.14. The van der Waals surface area contributed by atoms with Gasteiger partial charge in [-0.05, 0) is 62.4 Å². The molecule has 2 N–H and O–H groups in total. The molecule has 1 aliphatic carbocycles. The molecule has 33 heavy (non-hydrogen) atoms. The van der Waals surface area contributed by atoms with Gasteiger partial charge in [0.2, 0.25) is 0 Å². The van der Waals surface area contributed by atoms with Crippen LogP contribution in [0.4, 0.5) is 5.00 Å². The molecule has 0 radical (unpaired) electrons. The first-order valence-corrected chi connectivity index (χ1v) is 11.4. The van der Waals surface area contributed by atoms with Gasteiger partial charge in [0.15, 0.2) is 17.1 Å². The minimum Gasteiger partial charge on any atom is -0.504 e. The number of anilines is 1. The van der Waals surface area contributed by atoms with Crippen LogP contribution in [-0.2, 0) is 22.4 Å². The van der Waals surface area contributed by atoms with Crippen molar-refractivity contribution in [2.75, 3.05) is 11.9 Å². The fraction of sp³-hybridized carbons (Fsp3) is 0.250. The van der Waals surface area contributed by atoms with Gasteiger partial charge in [0.1, 0.15) is 17.1 Å². The number of nitriles is 2. The summed E-state index contributed by atoms with van der Waals surface area (Å²) in [6, 6.07) is 9.95. The number of fused-ring (bicyclic) bond motifs is 1. The molecule has 0 spiro atoms. The van der Waals surface area contributed by atoms with E-state index in [1.165, 1.54) is 23.5 Å². The van der Waals surface area contributed by atoms with E-state index < -0.39 is 23.1 Å². The number of aryl methyl sites for hydroxylation is 1. The molecule has 0 atom stereocenters. The lowest BCUT2D eigenvalue weighted by molar-refractivity contribution is -0.138. The monoisotopic (exact) mass is 481 g/mol. The number of thiophene rings is 1. The van der Waals surface area contributed by atoms with E-state index in [1.807, 2.05) is 0 Å². The average molecular weight is 482 g/mol. The Balaban J connectivity index is 2.10. The second-order valence-electron chi connectivity index (χ2n) is 7.14. The van der Waals surface area contributed by atoms with Crippen molar-refractivity contribution in [3.05, 3.63) is 74.0 Å². The lowest BCUT2D eigenvalue weighted by atomic mass is 9.96. The number of aliphatic hydroxyl groups is 1. The van der Waals surface area contributed by atoms with Crippen LogP contribution in [0.1, 0.15) is 46.1 Å². The molecule has 9 heteroatoms. The lowest BCUT2D eigenvalue weighted by Gasteiger charge is -2.11. The molecule has 0 saturated heterocycles. The van der Waals surface area contributed by atoms with Crippen LogP contribution < -0.4 is 5.32 Å². The summed E-state index contributed by atoms with van der Waals surface area (Å²) in [6.45, 7) is 1.57. The van der Waals surface area contributed by atoms with Crippen molar-refractivity contribution in [1.82, 2.24) is 0 Å². The maximum absolute atomic E-state index is 12.9. The van der Waals surface area contributed by atoms with Crippen LogP contribution in [0.25, 0.3) is 0 Å². The van der Waals surface area contributed by atoms with Crippen molar-refractivity contribution in [1.29, 1.82) is 10.5 Å². The Bertz CT molecular complexity index is 1230. The van der Waals surface area contributed by atoms with Gasteiger partial charge < -0.3 is 15.2 Å². The van der Waals surface area contributed by atoms with Crippen LogP contribution in [0.2, 0.25) is 5.02 Å². The first-order valence-electron chi connectivity index (χ1n) is 10.2. The molecule has 0 unspecified atom stereocenters. The highest BCUT2D eigenvalue weighted by Crippen LogP contribution is 2.38. The quantitative estimate of drug-likeness (QED) is 0.138. The maximum atomic E-state index is 12.9. The van der Waals surface area contributed by atoms with Gasteiger partial charge in [-0.1, -0.05) is 11.6 Å². The van der Waals surface area contributed by atoms with Crippen molar-refractivity contribution in [3.8, 4) is 12.1 Å². The fourth-order valence-corrected chi connectivity index (χ4v) is 4.80. The Hall–Kier alpha value is -3.59. The molecule has 0 fully saturated rings. The molecule has 168 valence electrons. The number of hydrogen-bond donors (Lipinski definition) is 2. The number of ether oxygens (including phenoxy) is 1. The number of aliphatic hydroxyl groups excluding tert-OH is 1. The minimum absolute atomic E-state index is 0.00367. The number of carbonyl (C=O) groups is 2. The van der Waals surface area contributed by atoms with E-state index in [9.17, 15) is 25.2 Å². The molecule has 0 saturated carbocycles. The van der Waals surface area contributed by atoms with Crippen molar-refractivity contribution in [3.63, 3.8) is 0 Å². The molecule has 1 aliphatic rings. The minimum atomic E-state index is -1.02. The van der Waals surface area contributed by atoms with Crippen molar-refractivity contribution < 1.29 is 19.4 Å². The molecule has 0 amide bonds. The number of nitrogens with zero attached hydrogens (tertiary/aromatic N) is 2. The highest BCUT2D eigenvalue weighted by Gasteiger charge is 2.25. The maximum Gasteiger partial charge on any atom is 0.352 e. The second-order valence-corrected chi connectivity index (χ2v) is 8.68. The molecule has 7 nitrogen and oxygen atoms in total. The molecule has 0 bridgehead atoms. The third-order valence-electron chi connectivity index (χ3n) is 5.02. The number of hydrogen-bond acceptors (Lipinski definition) is 8. The Kier molecular flexibility index (Phi) is 7.89. The van der Waals surface area contributed by atoms with Crippen LogP contribution in [0.5, 0.6) is 0 Å². The van der Waals surface area contributed by atoms with Crippen LogP contribution >= 0.6 is 22.9 Å². The fourth-order valence-electron chi connectivity index (χ4n) is 3.42. The van der Waals surface area contributed by atoms with Crippen LogP contribution in [-0.4, -0.2) is 23.5 Å². The van der Waals surface area contributed by atoms with E-state index >= 15 is 0 Å². The SMILES string of the molecule is CCOC(=O)C(C#N)=C(O)C(=CC(=O)c1ccc(Cl)cc1)Nc1sc2c(c1C#N)CCCC2. The van der Waals surface area contributed by atoms with Gasteiger partial charge in [0.05, 0.1) is 17.9 Å². The van der Waals surface area contributed by atoms with Gasteiger partial charge >= 0.3 is 5.97 Å². The van der Waals surface area contributed by atoms with E-state index in [4.69, 9.17) is 16.3 Å². The summed E-state index contributed by atoms with van der Waals surface area (Å²) < 4.78 is 4.85. The largest absolute Gasteiger partial charge is 0.504 e. The number of halogens is 1. The first kappa shape index (κ1) is 24.1. The number of benzene rings is 1. The summed E-state index contributed by atoms with van der Waals surface area (Å²) in [5.41, 5.74) is 0.831. The predicted octanol–water partition coefficient (Wildman–Crippen LogP) is 5.23. The Morgan fingerprint density at radius 2 is 1.94 bits per heavy atom. The summed E-state index contributed by atoms with van der Waals surface area (Å²) in [4.78, 5) is 26.1. The molecule has 1 aromatic carbocycles. The van der Waals surface area contributed by atoms with Crippen molar-refractivity contribution in [2.45, 2.75) is 32.6 Å². The highest BCUT2D eigenvalue weighted by molar-refractivity contribution is 7.16. The predicted molar refractivity (Wildman–Crippen MR) is 125 cm³/mol. The third kappa shape index (κ3) is 5.43. The summed E-state index contributed by atoms with van der Waals surface area (Å²) in [5.74, 6) is -2.26. The average Bonchev–Trinajstić information content (AvgIpc) is 3.16. The number of carbonyl (C=O) groups excluding carboxylic acids is 2. The normalized spacial score (nSPS) is 13.8. The van der Waals surface area contributed by atoms with Crippen LogP contribution in [0.3, 0.4) is 0 Å². The number of allylic oxidation sites excluding steroid dienone is 1. The molecule has 0 aliphatic heterocycles. The Labute approximate surface area is 200 Å². The van der Waals surface area contributed by atoms with E-state index in [0.29, 0.717) is 15.6 Å². The third-order valence-corrected chi connectivity index (χ3v) is 6.48. The van der Waals surface area contributed by atoms with Gasteiger partial charge in [0, 0.05) is 21.5 Å². The summed E-state index contributed by atoms with van der Waals surface area (Å²) in [6.07, 6.45) is 4.68. The second kappa shape index (κ2) is 10.8. The van der Waals surface area contributed by atoms with Gasteiger partial charge in [-0.2, -0.15) is 10.5 Å². The van der Waals surface area contributed by atoms with E-state index in [2.05, 4.69) is 11.4 Å². The van der Waals surface area contributed by atoms with Gasteiger partial charge in [-0.3, -0.25) is 4.79 Å². The topological polar surface area (TPSA) is 123 Å². The first-order chi connectivity index (χ1) is 15.9. The zero-order valence-electron chi connectivity index (χ0n) is 17.8. The number of ketones is 1. The van der Waals surface area contributed by atoms with E-state index in [1.54, 1.807) is 25.1 Å². The molecule has 1 heterocycles. The zero-order chi connectivity index (χ0) is 24.0. The summed E-state index contributed by atoms with van der Waals surface area (Å²) in [5, 5.41) is 33.8. The summed E-state index contributed by atoms with van der Waals surface area (Å²) in [7, 11) is 0.